The van der Waals surface area contributed by atoms with Crippen LogP contribution in [0.15, 0.2) is 48.8 Å². The number of pyridine rings is 4. The molecule has 11 heteroatoms. The Morgan fingerprint density at radius 3 is 1.41 bits per heavy atom. The molecule has 0 spiro atoms. The summed E-state index contributed by atoms with van der Waals surface area (Å²) < 4.78 is 21.5. The van der Waals surface area contributed by atoms with Gasteiger partial charge in [0.1, 0.15) is 0 Å². The summed E-state index contributed by atoms with van der Waals surface area (Å²) in [6, 6.07) is 13.5. The Hall–Kier alpha value is -4.84. The molecule has 59 heavy (non-hydrogen) atoms. The van der Waals surface area contributed by atoms with Crippen molar-refractivity contribution in [1.29, 1.82) is 0 Å². The van der Waals surface area contributed by atoms with Gasteiger partial charge in [-0.2, -0.15) is 0 Å². The van der Waals surface area contributed by atoms with Crippen molar-refractivity contribution in [3.05, 3.63) is 82.4 Å². The predicted molar refractivity (Wildman–Crippen MR) is 243 cm³/mol. The molecule has 0 aliphatic rings. The zero-order valence-corrected chi connectivity index (χ0v) is 38.1. The van der Waals surface area contributed by atoms with E-state index in [0.717, 1.165) is 89.9 Å². The number of hydrogen-bond acceptors (Lipinski definition) is 9. The quantitative estimate of drug-likeness (QED) is 0.0835. The molecule has 0 aliphatic carbocycles. The molecule has 2 atom stereocenters. The van der Waals surface area contributed by atoms with E-state index in [1.54, 1.807) is 21.3 Å². The molecule has 0 radical (unpaired) electrons. The highest BCUT2D eigenvalue weighted by molar-refractivity contribution is 5.89. The van der Waals surface area contributed by atoms with E-state index in [0.29, 0.717) is 26.4 Å². The van der Waals surface area contributed by atoms with Crippen LogP contribution in [-0.2, 0) is 14.2 Å². The maximum atomic E-state index is 5.85. The number of hydrogen-bond donors (Lipinski definition) is 0. The van der Waals surface area contributed by atoms with E-state index in [4.69, 9.17) is 34.1 Å². The summed E-state index contributed by atoms with van der Waals surface area (Å²) in [7, 11) is 5.25. The lowest BCUT2D eigenvalue weighted by Crippen LogP contribution is -2.50. The molecule has 6 rings (SSSR count). The minimum Gasteiger partial charge on any atom is -0.383 e. The van der Waals surface area contributed by atoms with Crippen LogP contribution in [0, 0.1) is 27.7 Å². The molecule has 11 nitrogen and oxygen atoms in total. The molecule has 6 heterocycles. The molecule has 0 aromatic carbocycles. The number of ether oxygens (including phenoxy) is 3. The number of aryl methyl sites for hydroxylation is 4. The molecule has 0 amide bonds. The zero-order valence-electron chi connectivity index (χ0n) is 38.1. The second-order valence-electron chi connectivity index (χ2n) is 17.2. The van der Waals surface area contributed by atoms with Gasteiger partial charge >= 0.3 is 0 Å². The number of hydrazine groups is 1. The van der Waals surface area contributed by atoms with E-state index in [9.17, 15) is 0 Å². The van der Waals surface area contributed by atoms with Crippen LogP contribution >= 0.6 is 0 Å². The van der Waals surface area contributed by atoms with Gasteiger partial charge in [0, 0.05) is 62.3 Å². The maximum Gasteiger partial charge on any atom is 0.157 e. The normalized spacial score (nSPS) is 13.1. The third kappa shape index (κ3) is 8.60. The van der Waals surface area contributed by atoms with Crippen LogP contribution in [0.2, 0.25) is 0 Å². The molecular weight excluding hydrogens is 737 g/mol. The number of fused-ring (bicyclic) bond motifs is 2. The van der Waals surface area contributed by atoms with Crippen LogP contribution in [0.1, 0.15) is 113 Å². The van der Waals surface area contributed by atoms with Gasteiger partial charge in [-0.25, -0.2) is 19.9 Å². The number of aromatic nitrogens is 6. The summed E-state index contributed by atoms with van der Waals surface area (Å²) >= 11 is 0. The van der Waals surface area contributed by atoms with Gasteiger partial charge in [-0.15, -0.1) is 0 Å². The summed E-state index contributed by atoms with van der Waals surface area (Å²) in [5.41, 5.74) is 14.3. The third-order valence-corrected chi connectivity index (χ3v) is 11.3. The van der Waals surface area contributed by atoms with Crippen molar-refractivity contribution in [1.82, 2.24) is 29.1 Å². The molecule has 0 aliphatic heterocycles. The standard InChI is InChI=1S/C48H66N8O3/c1-28(2)39-18-16-37(43-31(7)22-41-45(51-43)33(9)24-53(41)35(11)26-58-14)47(49-39)55(20-21-57-13)56(30(5)6)48-38(17-19-40(50-48)29(3)4)44-32(8)23-42-46(52-44)34(10)25-54(42)36(12)27-59-15/h16-19,22-25,28-30,35-36H,20-21,26-27H2,1-15H3. The molecular formula is C48H66N8O3. The minimum absolute atomic E-state index is 0.0327. The van der Waals surface area contributed by atoms with Gasteiger partial charge in [0.2, 0.25) is 0 Å². The van der Waals surface area contributed by atoms with Gasteiger partial charge in [0.05, 0.1) is 71.9 Å². The van der Waals surface area contributed by atoms with Gasteiger partial charge in [-0.1, -0.05) is 27.7 Å². The summed E-state index contributed by atoms with van der Waals surface area (Å²) in [6.45, 7) is 28.4. The number of anilines is 2. The van der Waals surface area contributed by atoms with Gasteiger partial charge in [-0.3, -0.25) is 10.0 Å². The Labute approximate surface area is 351 Å². The molecule has 0 saturated heterocycles. The van der Waals surface area contributed by atoms with Crippen molar-refractivity contribution in [2.24, 2.45) is 0 Å². The third-order valence-electron chi connectivity index (χ3n) is 11.3. The Morgan fingerprint density at radius 2 is 1.00 bits per heavy atom. The predicted octanol–water partition coefficient (Wildman–Crippen LogP) is 10.7. The molecule has 0 N–H and O–H groups in total. The first-order valence-electron chi connectivity index (χ1n) is 21.1. The highest BCUT2D eigenvalue weighted by Crippen LogP contribution is 2.40. The van der Waals surface area contributed by atoms with Crippen LogP contribution in [-0.4, -0.2) is 82.8 Å². The van der Waals surface area contributed by atoms with E-state index in [1.165, 1.54) is 0 Å². The molecule has 0 fully saturated rings. The average molecular weight is 803 g/mol. The second-order valence-corrected chi connectivity index (χ2v) is 17.2. The van der Waals surface area contributed by atoms with Crippen molar-refractivity contribution >= 4 is 33.7 Å². The lowest BCUT2D eigenvalue weighted by atomic mass is 10.0. The van der Waals surface area contributed by atoms with E-state index in [1.807, 2.05) is 0 Å². The monoisotopic (exact) mass is 803 g/mol. The second kappa shape index (κ2) is 18.2. The Bertz CT molecular complexity index is 2410. The van der Waals surface area contributed by atoms with Gasteiger partial charge < -0.3 is 23.3 Å². The van der Waals surface area contributed by atoms with E-state index in [2.05, 4.69) is 151 Å². The lowest BCUT2D eigenvalue weighted by molar-refractivity contribution is 0.164. The average Bonchev–Trinajstić information content (AvgIpc) is 3.69. The van der Waals surface area contributed by atoms with Crippen LogP contribution in [0.5, 0.6) is 0 Å². The number of rotatable bonds is 17. The fourth-order valence-corrected chi connectivity index (χ4v) is 8.21. The van der Waals surface area contributed by atoms with Gasteiger partial charge in [0.15, 0.2) is 11.6 Å². The first-order chi connectivity index (χ1) is 28.1. The minimum atomic E-state index is -0.0327. The highest BCUT2D eigenvalue weighted by atomic mass is 16.5. The summed E-state index contributed by atoms with van der Waals surface area (Å²) in [5, 5.41) is 4.58. The smallest absolute Gasteiger partial charge is 0.157 e. The lowest BCUT2D eigenvalue weighted by Gasteiger charge is -2.41. The van der Waals surface area contributed by atoms with Crippen LogP contribution in [0.25, 0.3) is 44.6 Å². The van der Waals surface area contributed by atoms with Crippen molar-refractivity contribution in [3.8, 4) is 22.5 Å². The summed E-state index contributed by atoms with van der Waals surface area (Å²) in [5.74, 6) is 2.04. The van der Waals surface area contributed by atoms with Crippen LogP contribution < -0.4 is 10.0 Å². The van der Waals surface area contributed by atoms with Crippen LogP contribution in [0.4, 0.5) is 11.6 Å². The van der Waals surface area contributed by atoms with Crippen molar-refractivity contribution in [2.45, 2.75) is 113 Å². The Kier molecular flexibility index (Phi) is 13.5. The van der Waals surface area contributed by atoms with E-state index < -0.39 is 0 Å². The SMILES string of the molecule is COCCN(c1nc(C(C)C)ccc1-c1nc2c(C)cn(C(C)COC)c2cc1C)N(c1nc(C(C)C)ccc1-c1nc2c(C)cn(C(C)COC)c2cc1C)C(C)C. The Balaban J connectivity index is 1.61. The molecule has 6 aromatic rings. The molecule has 0 bridgehead atoms. The van der Waals surface area contributed by atoms with Crippen molar-refractivity contribution in [2.75, 3.05) is 57.7 Å². The van der Waals surface area contributed by atoms with E-state index >= 15 is 0 Å². The summed E-state index contributed by atoms with van der Waals surface area (Å²) in [4.78, 5) is 21.9. The Morgan fingerprint density at radius 1 is 0.559 bits per heavy atom. The van der Waals surface area contributed by atoms with Gasteiger partial charge in [-0.05, 0) is 126 Å². The molecule has 6 aromatic heterocycles. The fourth-order valence-electron chi connectivity index (χ4n) is 8.21. The molecule has 0 saturated carbocycles. The first kappa shape index (κ1) is 43.7. The van der Waals surface area contributed by atoms with Gasteiger partial charge in [0.25, 0.3) is 0 Å². The highest BCUT2D eigenvalue weighted by Gasteiger charge is 2.31. The summed E-state index contributed by atoms with van der Waals surface area (Å²) in [6.07, 6.45) is 4.38. The van der Waals surface area contributed by atoms with Crippen molar-refractivity contribution < 1.29 is 14.2 Å². The number of nitrogens with zero attached hydrogens (tertiary/aromatic N) is 8. The van der Waals surface area contributed by atoms with Crippen LogP contribution in [0.3, 0.4) is 0 Å². The molecule has 316 valence electrons. The first-order valence-corrected chi connectivity index (χ1v) is 21.1. The fraction of sp³-hybridized carbons (Fsp3) is 0.500. The zero-order chi connectivity index (χ0) is 42.9. The number of methoxy groups -OCH3 is 3. The van der Waals surface area contributed by atoms with E-state index in [-0.39, 0.29) is 30.0 Å². The maximum absolute atomic E-state index is 5.85. The topological polar surface area (TPSA) is 95.6 Å². The molecule has 2 unspecified atom stereocenters. The van der Waals surface area contributed by atoms with Crippen molar-refractivity contribution in [3.63, 3.8) is 0 Å². The largest absolute Gasteiger partial charge is 0.383 e.